The monoisotopic (exact) mass is 410 g/mol. The summed E-state index contributed by atoms with van der Waals surface area (Å²) >= 11 is 0. The Morgan fingerprint density at radius 2 is 1.04 bits per heavy atom. The number of hydrogen-bond donors (Lipinski definition) is 3. The molecule has 0 radical (unpaired) electrons. The second kappa shape index (κ2) is 5.21. The predicted molar refractivity (Wildman–Crippen MR) is 46.6 cm³/mol. The van der Waals surface area contributed by atoms with Gasteiger partial charge in [0.25, 0.3) is 0 Å². The van der Waals surface area contributed by atoms with E-state index in [0.29, 0.717) is 0 Å². The van der Waals surface area contributed by atoms with E-state index in [9.17, 15) is 61.5 Å². The number of rotatable bonds is 1. The molecule has 3 N–H and O–H groups in total. The molecule has 0 aliphatic carbocycles. The maximum atomic E-state index is 13.4. The minimum atomic E-state index is -7.43. The molecular formula is C8H4F14N2O. The van der Waals surface area contributed by atoms with Gasteiger partial charge in [0, 0.05) is 0 Å². The van der Waals surface area contributed by atoms with E-state index in [2.05, 4.69) is 0 Å². The molecule has 1 rings (SSSR count). The molecule has 150 valence electrons. The van der Waals surface area contributed by atoms with E-state index >= 15 is 0 Å². The van der Waals surface area contributed by atoms with E-state index in [0.717, 1.165) is 0 Å². The predicted octanol–water partition coefficient (Wildman–Crippen LogP) is 3.02. The van der Waals surface area contributed by atoms with E-state index in [4.69, 9.17) is 5.11 Å². The quantitative estimate of drug-likeness (QED) is 0.583. The minimum absolute atomic E-state index is 0.134. The molecule has 0 aromatic rings. The maximum absolute atomic E-state index is 13.4. The lowest BCUT2D eigenvalue weighted by Gasteiger charge is -2.44. The van der Waals surface area contributed by atoms with Crippen molar-refractivity contribution in [2.45, 2.75) is 41.9 Å². The van der Waals surface area contributed by atoms with Crippen molar-refractivity contribution < 1.29 is 66.6 Å². The van der Waals surface area contributed by atoms with Gasteiger partial charge in [0.05, 0.1) is 0 Å². The molecule has 17 heteroatoms. The second-order valence-electron chi connectivity index (χ2n) is 4.87. The molecule has 0 amide bonds. The lowest BCUT2D eigenvalue weighted by atomic mass is 9.73. The highest BCUT2D eigenvalue weighted by Gasteiger charge is 2.92. The van der Waals surface area contributed by atoms with Gasteiger partial charge in [0.2, 0.25) is 11.3 Å². The molecular weight excluding hydrogens is 406 g/mol. The van der Waals surface area contributed by atoms with Crippen molar-refractivity contribution in [3.8, 4) is 0 Å². The Morgan fingerprint density at radius 1 is 0.640 bits per heavy atom. The van der Waals surface area contributed by atoms with Crippen LogP contribution in [0, 0.1) is 5.92 Å². The summed E-state index contributed by atoms with van der Waals surface area (Å²) in [6, 6.07) is 0. The van der Waals surface area contributed by atoms with Crippen LogP contribution in [0.3, 0.4) is 0 Å². The van der Waals surface area contributed by atoms with Gasteiger partial charge in [-0.3, -0.25) is 0 Å². The number of hydrogen-bond acceptors (Lipinski definition) is 3. The van der Waals surface area contributed by atoms with E-state index in [-0.39, 0.29) is 10.9 Å². The highest BCUT2D eigenvalue weighted by atomic mass is 19.4. The third-order valence-corrected chi connectivity index (χ3v) is 3.36. The van der Waals surface area contributed by atoms with Crippen LogP contribution in [-0.2, 0) is 0 Å². The van der Waals surface area contributed by atoms with Crippen LogP contribution in [0.25, 0.3) is 0 Å². The topological polar surface area (TPSA) is 44.3 Å². The fourth-order valence-corrected chi connectivity index (χ4v) is 2.26. The van der Waals surface area contributed by atoms with Crippen molar-refractivity contribution in [2.24, 2.45) is 5.92 Å². The molecule has 1 heterocycles. The molecule has 3 nitrogen and oxygen atoms in total. The van der Waals surface area contributed by atoms with E-state index in [1.54, 1.807) is 0 Å². The largest absolute Gasteiger partial charge is 0.455 e. The Bertz CT molecular complexity index is 517. The lowest BCUT2D eigenvalue weighted by molar-refractivity contribution is -0.401. The van der Waals surface area contributed by atoms with Crippen LogP contribution in [0.15, 0.2) is 0 Å². The van der Waals surface area contributed by atoms with E-state index in [1.165, 1.54) is 0 Å². The highest BCUT2D eigenvalue weighted by molar-refractivity contribution is 5.22. The first-order valence-corrected chi connectivity index (χ1v) is 5.49. The molecule has 0 aromatic carbocycles. The number of nitrogens with one attached hydrogen (secondary N) is 2. The molecule has 3 unspecified atom stereocenters. The number of hydrazine groups is 1. The fourth-order valence-electron chi connectivity index (χ4n) is 2.26. The Balaban J connectivity index is 3.93. The van der Waals surface area contributed by atoms with Gasteiger partial charge in [-0.15, -0.1) is 0 Å². The van der Waals surface area contributed by atoms with Crippen molar-refractivity contribution in [3.63, 3.8) is 0 Å². The van der Waals surface area contributed by atoms with Crippen LogP contribution in [0.2, 0.25) is 0 Å². The van der Waals surface area contributed by atoms with Gasteiger partial charge in [-0.1, -0.05) is 0 Å². The molecule has 0 aromatic heterocycles. The van der Waals surface area contributed by atoms with Crippen LogP contribution in [-0.4, -0.2) is 47.0 Å². The Kier molecular flexibility index (Phi) is 4.58. The molecule has 0 bridgehead atoms. The normalized spacial score (nSPS) is 33.0. The molecule has 1 saturated heterocycles. The third kappa shape index (κ3) is 2.79. The van der Waals surface area contributed by atoms with Crippen LogP contribution in [0.4, 0.5) is 61.5 Å². The summed E-state index contributed by atoms with van der Waals surface area (Å²) in [5, 5.41) is 8.93. The maximum Gasteiger partial charge on any atom is 0.455 e. The second-order valence-corrected chi connectivity index (χ2v) is 4.87. The van der Waals surface area contributed by atoms with Crippen LogP contribution >= 0.6 is 0 Å². The van der Waals surface area contributed by atoms with Gasteiger partial charge in [-0.2, -0.15) is 61.5 Å². The summed E-state index contributed by atoms with van der Waals surface area (Å²) in [6.45, 7) is 0. The molecule has 1 aliphatic rings. The first-order valence-electron chi connectivity index (χ1n) is 5.49. The van der Waals surface area contributed by atoms with Crippen LogP contribution < -0.4 is 10.9 Å². The molecule has 1 aliphatic heterocycles. The van der Waals surface area contributed by atoms with Gasteiger partial charge in [0.1, 0.15) is 5.92 Å². The van der Waals surface area contributed by atoms with Crippen molar-refractivity contribution in [1.82, 2.24) is 10.9 Å². The van der Waals surface area contributed by atoms with Crippen molar-refractivity contribution >= 4 is 0 Å². The summed E-state index contributed by atoms with van der Waals surface area (Å²) in [6.07, 6.45) is -28.4. The fraction of sp³-hybridized carbons (Fsp3) is 1.00. The van der Waals surface area contributed by atoms with E-state index in [1.807, 2.05) is 0 Å². The van der Waals surface area contributed by atoms with Gasteiger partial charge >= 0.3 is 30.6 Å². The summed E-state index contributed by atoms with van der Waals surface area (Å²) < 4.78 is 179. The SMILES string of the molecule is OC1(C(F)(F)F)NNC(C(F)(F)F)(C(F)(F)C(F)(F)F)C1C(F)(F)F. The van der Waals surface area contributed by atoms with Gasteiger partial charge < -0.3 is 5.11 Å². The van der Waals surface area contributed by atoms with Crippen molar-refractivity contribution in [1.29, 1.82) is 0 Å². The summed E-state index contributed by atoms with van der Waals surface area (Å²) in [5.74, 6) is -13.1. The highest BCUT2D eigenvalue weighted by Crippen LogP contribution is 2.62. The first kappa shape index (κ1) is 21.9. The number of halogens is 14. The smallest absolute Gasteiger partial charge is 0.366 e. The van der Waals surface area contributed by atoms with Crippen LogP contribution in [0.5, 0.6) is 0 Å². The molecule has 3 atom stereocenters. The lowest BCUT2D eigenvalue weighted by Crippen LogP contribution is -2.76. The zero-order chi connectivity index (χ0) is 20.5. The van der Waals surface area contributed by atoms with Crippen LogP contribution in [0.1, 0.15) is 0 Å². The summed E-state index contributed by atoms with van der Waals surface area (Å²) in [4.78, 5) is 0. The Hall–Kier alpha value is -1.10. The standard InChI is InChI=1S/C8H4F14N2O/c9-4(10,11)1-2(6(14,15)16,5(12,13)8(20,21)22)23-24-3(1,25)7(17,18)19/h1,23-25H. The Morgan fingerprint density at radius 3 is 1.28 bits per heavy atom. The van der Waals surface area contributed by atoms with Crippen molar-refractivity contribution in [2.75, 3.05) is 0 Å². The number of alkyl halides is 14. The molecule has 25 heavy (non-hydrogen) atoms. The minimum Gasteiger partial charge on any atom is -0.366 e. The zero-order valence-electron chi connectivity index (χ0n) is 10.8. The zero-order valence-corrected chi connectivity index (χ0v) is 10.8. The molecule has 0 spiro atoms. The third-order valence-electron chi connectivity index (χ3n) is 3.36. The summed E-state index contributed by atoms with van der Waals surface area (Å²) in [5.41, 5.74) is -12.9. The van der Waals surface area contributed by atoms with Gasteiger partial charge in [-0.25, -0.2) is 10.9 Å². The average Bonchev–Trinajstić information content (AvgIpc) is 2.62. The Labute approximate surface area is 126 Å². The average molecular weight is 410 g/mol. The number of aliphatic hydroxyl groups is 1. The van der Waals surface area contributed by atoms with Gasteiger partial charge in [0.15, 0.2) is 0 Å². The molecule has 0 saturated carbocycles. The van der Waals surface area contributed by atoms with Gasteiger partial charge in [-0.05, 0) is 0 Å². The first-order chi connectivity index (χ1) is 10.6. The van der Waals surface area contributed by atoms with Crippen molar-refractivity contribution in [3.05, 3.63) is 0 Å². The molecule has 1 fully saturated rings. The van der Waals surface area contributed by atoms with E-state index < -0.39 is 47.8 Å². The summed E-state index contributed by atoms with van der Waals surface area (Å²) in [7, 11) is 0.